The van der Waals surface area contributed by atoms with Crippen molar-refractivity contribution in [1.82, 2.24) is 5.32 Å². The molecule has 2 rings (SSSR count). The van der Waals surface area contributed by atoms with Gasteiger partial charge in [0.15, 0.2) is 11.5 Å². The van der Waals surface area contributed by atoms with E-state index in [4.69, 9.17) is 14.2 Å². The van der Waals surface area contributed by atoms with Crippen LogP contribution in [0.15, 0.2) is 18.2 Å². The Bertz CT molecular complexity index is 441. The number of methoxy groups -OCH3 is 2. The molecule has 0 spiro atoms. The largest absolute Gasteiger partial charge is 0.493 e. The SMILES string of the molecule is CNC(c1ccc(OC)c(OC)c1)C1(C)CCCCO1. The van der Waals surface area contributed by atoms with Gasteiger partial charge in [-0.2, -0.15) is 0 Å². The summed E-state index contributed by atoms with van der Waals surface area (Å²) in [5.41, 5.74) is 0.988. The van der Waals surface area contributed by atoms with Crippen molar-refractivity contribution in [2.24, 2.45) is 0 Å². The molecule has 0 amide bonds. The monoisotopic (exact) mass is 279 g/mol. The average Bonchev–Trinajstić information content (AvgIpc) is 2.48. The van der Waals surface area contributed by atoms with Crippen molar-refractivity contribution in [3.8, 4) is 11.5 Å². The van der Waals surface area contributed by atoms with Crippen LogP contribution >= 0.6 is 0 Å². The van der Waals surface area contributed by atoms with E-state index in [1.807, 2.05) is 19.2 Å². The minimum Gasteiger partial charge on any atom is -0.493 e. The van der Waals surface area contributed by atoms with Gasteiger partial charge in [0.25, 0.3) is 0 Å². The van der Waals surface area contributed by atoms with Crippen LogP contribution in [0.1, 0.15) is 37.8 Å². The van der Waals surface area contributed by atoms with Gasteiger partial charge < -0.3 is 19.5 Å². The summed E-state index contributed by atoms with van der Waals surface area (Å²) < 4.78 is 16.8. The normalized spacial score (nSPS) is 24.2. The fourth-order valence-electron chi connectivity index (χ4n) is 3.04. The summed E-state index contributed by atoms with van der Waals surface area (Å²) in [5.74, 6) is 1.51. The van der Waals surface area contributed by atoms with Crippen LogP contribution in [0.4, 0.5) is 0 Å². The van der Waals surface area contributed by atoms with Crippen LogP contribution in [-0.4, -0.2) is 33.5 Å². The minimum absolute atomic E-state index is 0.141. The van der Waals surface area contributed by atoms with Crippen LogP contribution in [0.2, 0.25) is 0 Å². The lowest BCUT2D eigenvalue weighted by Gasteiger charge is -2.40. The predicted octanol–water partition coefficient (Wildman–Crippen LogP) is 2.92. The van der Waals surface area contributed by atoms with Gasteiger partial charge in [0.05, 0.1) is 25.9 Å². The molecule has 0 saturated carbocycles. The maximum absolute atomic E-state index is 6.07. The van der Waals surface area contributed by atoms with E-state index < -0.39 is 0 Å². The molecule has 0 aliphatic carbocycles. The van der Waals surface area contributed by atoms with Gasteiger partial charge in [0, 0.05) is 6.61 Å². The molecule has 1 saturated heterocycles. The van der Waals surface area contributed by atoms with E-state index in [0.717, 1.165) is 36.5 Å². The van der Waals surface area contributed by atoms with Gasteiger partial charge in [-0.05, 0) is 50.9 Å². The van der Waals surface area contributed by atoms with E-state index in [0.29, 0.717) is 0 Å². The van der Waals surface area contributed by atoms with Crippen LogP contribution in [0.25, 0.3) is 0 Å². The highest BCUT2D eigenvalue weighted by Crippen LogP contribution is 2.39. The van der Waals surface area contributed by atoms with Crippen LogP contribution in [0.5, 0.6) is 11.5 Å². The second kappa shape index (κ2) is 6.46. The lowest BCUT2D eigenvalue weighted by atomic mass is 9.84. The molecular formula is C16H25NO3. The first-order valence-corrected chi connectivity index (χ1v) is 7.18. The molecule has 4 nitrogen and oxygen atoms in total. The lowest BCUT2D eigenvalue weighted by molar-refractivity contribution is -0.0884. The van der Waals surface area contributed by atoms with Gasteiger partial charge in [-0.1, -0.05) is 6.07 Å². The van der Waals surface area contributed by atoms with E-state index in [-0.39, 0.29) is 11.6 Å². The molecule has 20 heavy (non-hydrogen) atoms. The smallest absolute Gasteiger partial charge is 0.161 e. The minimum atomic E-state index is -0.174. The number of benzene rings is 1. The number of rotatable bonds is 5. The highest BCUT2D eigenvalue weighted by molar-refractivity contribution is 5.44. The maximum Gasteiger partial charge on any atom is 0.161 e. The van der Waals surface area contributed by atoms with E-state index in [1.165, 1.54) is 6.42 Å². The summed E-state index contributed by atoms with van der Waals surface area (Å²) >= 11 is 0. The zero-order valence-corrected chi connectivity index (χ0v) is 12.9. The topological polar surface area (TPSA) is 39.7 Å². The molecule has 1 aliphatic heterocycles. The molecule has 1 aromatic rings. The summed E-state index contributed by atoms with van der Waals surface area (Å²) in [6.45, 7) is 3.02. The lowest BCUT2D eigenvalue weighted by Crippen LogP contribution is -2.44. The first kappa shape index (κ1) is 15.1. The summed E-state index contributed by atoms with van der Waals surface area (Å²) in [6.07, 6.45) is 3.42. The highest BCUT2D eigenvalue weighted by atomic mass is 16.5. The third-order valence-electron chi connectivity index (χ3n) is 4.14. The van der Waals surface area contributed by atoms with Gasteiger partial charge >= 0.3 is 0 Å². The van der Waals surface area contributed by atoms with Crippen LogP contribution in [0, 0.1) is 0 Å². The molecule has 1 aromatic carbocycles. The number of hydrogen-bond acceptors (Lipinski definition) is 4. The zero-order chi connectivity index (χ0) is 14.6. The van der Waals surface area contributed by atoms with Crippen molar-refractivity contribution in [1.29, 1.82) is 0 Å². The molecule has 1 heterocycles. The van der Waals surface area contributed by atoms with Crippen molar-refractivity contribution in [2.45, 2.75) is 37.8 Å². The van der Waals surface area contributed by atoms with Gasteiger partial charge in [-0.3, -0.25) is 0 Å². The van der Waals surface area contributed by atoms with Gasteiger partial charge in [0.2, 0.25) is 0 Å². The molecule has 2 atom stereocenters. The zero-order valence-electron chi connectivity index (χ0n) is 12.9. The molecule has 4 heteroatoms. The quantitative estimate of drug-likeness (QED) is 0.899. The Labute approximate surface area is 121 Å². The molecular weight excluding hydrogens is 254 g/mol. The summed E-state index contributed by atoms with van der Waals surface area (Å²) in [7, 11) is 5.29. The van der Waals surface area contributed by atoms with Crippen molar-refractivity contribution in [3.63, 3.8) is 0 Å². The standard InChI is InChI=1S/C16H25NO3/c1-16(9-5-6-10-20-16)15(17-2)12-7-8-13(18-3)14(11-12)19-4/h7-8,11,15,17H,5-6,9-10H2,1-4H3. The second-order valence-corrected chi connectivity index (χ2v) is 5.45. The fraction of sp³-hybridized carbons (Fsp3) is 0.625. The van der Waals surface area contributed by atoms with Crippen LogP contribution in [-0.2, 0) is 4.74 Å². The average molecular weight is 279 g/mol. The van der Waals surface area contributed by atoms with Crippen molar-refractivity contribution in [2.75, 3.05) is 27.9 Å². The fourth-order valence-corrected chi connectivity index (χ4v) is 3.04. The number of nitrogens with one attached hydrogen (secondary N) is 1. The first-order valence-electron chi connectivity index (χ1n) is 7.18. The van der Waals surface area contributed by atoms with Crippen molar-refractivity contribution < 1.29 is 14.2 Å². The summed E-state index contributed by atoms with van der Waals surface area (Å²) in [6, 6.07) is 6.20. The summed E-state index contributed by atoms with van der Waals surface area (Å²) in [4.78, 5) is 0. The number of likely N-dealkylation sites (N-methyl/N-ethyl adjacent to an activating group) is 1. The number of ether oxygens (including phenoxy) is 3. The molecule has 0 bridgehead atoms. The molecule has 2 unspecified atom stereocenters. The van der Waals surface area contributed by atoms with E-state index in [1.54, 1.807) is 14.2 Å². The third-order valence-corrected chi connectivity index (χ3v) is 4.14. The first-order chi connectivity index (χ1) is 9.64. The van der Waals surface area contributed by atoms with Gasteiger partial charge in [0.1, 0.15) is 0 Å². The molecule has 1 aliphatic rings. The Kier molecular flexibility index (Phi) is 4.89. The Hall–Kier alpha value is -1.26. The molecule has 112 valence electrons. The molecule has 1 N–H and O–H groups in total. The maximum atomic E-state index is 6.07. The van der Waals surface area contributed by atoms with Crippen molar-refractivity contribution >= 4 is 0 Å². The van der Waals surface area contributed by atoms with Crippen molar-refractivity contribution in [3.05, 3.63) is 23.8 Å². The van der Waals surface area contributed by atoms with Gasteiger partial charge in [-0.25, -0.2) is 0 Å². The number of hydrogen-bond donors (Lipinski definition) is 1. The van der Waals surface area contributed by atoms with E-state index in [9.17, 15) is 0 Å². The van der Waals surface area contributed by atoms with E-state index in [2.05, 4.69) is 18.3 Å². The van der Waals surface area contributed by atoms with Crippen LogP contribution in [0.3, 0.4) is 0 Å². The Morgan fingerprint density at radius 3 is 2.50 bits per heavy atom. The Morgan fingerprint density at radius 2 is 1.95 bits per heavy atom. The Balaban J connectivity index is 2.31. The molecule has 0 radical (unpaired) electrons. The highest BCUT2D eigenvalue weighted by Gasteiger charge is 2.37. The summed E-state index contributed by atoms with van der Waals surface area (Å²) in [5, 5.41) is 3.40. The van der Waals surface area contributed by atoms with Gasteiger partial charge in [-0.15, -0.1) is 0 Å². The van der Waals surface area contributed by atoms with E-state index >= 15 is 0 Å². The van der Waals surface area contributed by atoms with Crippen LogP contribution < -0.4 is 14.8 Å². The molecule has 0 aromatic heterocycles. The second-order valence-electron chi connectivity index (χ2n) is 5.45. The third kappa shape index (κ3) is 2.91. The Morgan fingerprint density at radius 1 is 1.20 bits per heavy atom. The molecule has 1 fully saturated rings. The predicted molar refractivity (Wildman–Crippen MR) is 79.6 cm³/mol.